The summed E-state index contributed by atoms with van der Waals surface area (Å²) in [5.41, 5.74) is 3.50. The lowest BCUT2D eigenvalue weighted by atomic mass is 10.0. The van der Waals surface area contributed by atoms with Crippen molar-refractivity contribution in [2.24, 2.45) is 13.0 Å². The van der Waals surface area contributed by atoms with E-state index in [2.05, 4.69) is 61.2 Å². The van der Waals surface area contributed by atoms with Crippen LogP contribution in [0.4, 0.5) is 5.69 Å². The number of benzene rings is 1. The minimum absolute atomic E-state index is 0.669. The molecule has 4 heterocycles. The Labute approximate surface area is 187 Å². The van der Waals surface area contributed by atoms with Crippen molar-refractivity contribution in [1.82, 2.24) is 29.6 Å². The number of hydrogen-bond donors (Lipinski definition) is 0. The van der Waals surface area contributed by atoms with Crippen LogP contribution in [0.2, 0.25) is 0 Å². The highest BCUT2D eigenvalue weighted by Gasteiger charge is 2.40. The molecule has 2 atom stereocenters. The summed E-state index contributed by atoms with van der Waals surface area (Å²) in [5.74, 6) is 2.61. The molecule has 5 rings (SSSR count). The molecule has 8 heteroatoms. The van der Waals surface area contributed by atoms with Gasteiger partial charge in [0.05, 0.1) is 6.20 Å². The highest BCUT2D eigenvalue weighted by molar-refractivity contribution is 7.99. The summed E-state index contributed by atoms with van der Waals surface area (Å²) >= 11 is 1.77. The number of anilines is 1. The van der Waals surface area contributed by atoms with E-state index >= 15 is 0 Å². The van der Waals surface area contributed by atoms with Crippen LogP contribution in [0.3, 0.4) is 0 Å². The lowest BCUT2D eigenvalue weighted by Gasteiger charge is -2.27. The molecule has 0 N–H and O–H groups in total. The van der Waals surface area contributed by atoms with Crippen molar-refractivity contribution in [3.8, 4) is 11.5 Å². The highest BCUT2D eigenvalue weighted by atomic mass is 32.2. The molecule has 2 aromatic heterocycles. The third kappa shape index (κ3) is 4.32. The van der Waals surface area contributed by atoms with Crippen LogP contribution in [-0.4, -0.2) is 67.6 Å². The van der Waals surface area contributed by atoms with E-state index in [1.54, 1.807) is 30.4 Å². The molecule has 3 aromatic rings. The SMILES string of the molecule is Cc1cccc(N2CCC3CN(CCCSc4nnc(-c5cnccn5)n4C)CC32)c1. The van der Waals surface area contributed by atoms with E-state index in [0.29, 0.717) is 6.04 Å². The fraction of sp³-hybridized carbons (Fsp3) is 0.478. The normalized spacial score (nSPS) is 21.0. The molecule has 0 bridgehead atoms. The van der Waals surface area contributed by atoms with Gasteiger partial charge in [0.1, 0.15) is 5.69 Å². The van der Waals surface area contributed by atoms with Gasteiger partial charge in [-0.3, -0.25) is 4.98 Å². The summed E-state index contributed by atoms with van der Waals surface area (Å²) in [7, 11) is 1.99. The van der Waals surface area contributed by atoms with Crippen molar-refractivity contribution in [2.45, 2.75) is 31.0 Å². The van der Waals surface area contributed by atoms with E-state index in [0.717, 1.165) is 41.3 Å². The maximum absolute atomic E-state index is 4.35. The summed E-state index contributed by atoms with van der Waals surface area (Å²) in [6, 6.07) is 9.64. The molecule has 0 saturated carbocycles. The molecule has 7 nitrogen and oxygen atoms in total. The quantitative estimate of drug-likeness (QED) is 0.417. The largest absolute Gasteiger partial charge is 0.367 e. The van der Waals surface area contributed by atoms with Gasteiger partial charge in [0.2, 0.25) is 0 Å². The van der Waals surface area contributed by atoms with E-state index in [1.165, 1.54) is 37.3 Å². The Morgan fingerprint density at radius 3 is 2.94 bits per heavy atom. The number of aryl methyl sites for hydroxylation is 1. The molecule has 2 unspecified atom stereocenters. The summed E-state index contributed by atoms with van der Waals surface area (Å²) in [6.07, 6.45) is 7.54. The topological polar surface area (TPSA) is 63.0 Å². The number of aromatic nitrogens is 5. The second kappa shape index (κ2) is 8.96. The molecular formula is C23H29N7S. The lowest BCUT2D eigenvalue weighted by molar-refractivity contribution is 0.319. The molecule has 0 radical (unpaired) electrons. The predicted octanol–water partition coefficient (Wildman–Crippen LogP) is 3.27. The van der Waals surface area contributed by atoms with Crippen LogP contribution in [0.25, 0.3) is 11.5 Å². The number of nitrogens with zero attached hydrogens (tertiary/aromatic N) is 7. The van der Waals surface area contributed by atoms with E-state index in [9.17, 15) is 0 Å². The van der Waals surface area contributed by atoms with Gasteiger partial charge < -0.3 is 14.4 Å². The van der Waals surface area contributed by atoms with Gasteiger partial charge in [-0.05, 0) is 49.9 Å². The summed E-state index contributed by atoms with van der Waals surface area (Å²) in [4.78, 5) is 13.7. The minimum atomic E-state index is 0.669. The van der Waals surface area contributed by atoms with Crippen LogP contribution in [0.1, 0.15) is 18.4 Å². The van der Waals surface area contributed by atoms with Crippen molar-refractivity contribution in [1.29, 1.82) is 0 Å². The second-order valence-electron chi connectivity index (χ2n) is 8.57. The van der Waals surface area contributed by atoms with Crippen LogP contribution in [-0.2, 0) is 7.05 Å². The molecule has 31 heavy (non-hydrogen) atoms. The van der Waals surface area contributed by atoms with Crippen molar-refractivity contribution in [2.75, 3.05) is 36.8 Å². The second-order valence-corrected chi connectivity index (χ2v) is 9.63. The molecule has 2 saturated heterocycles. The Bertz CT molecular complexity index is 1020. The first-order valence-corrected chi connectivity index (χ1v) is 12.0. The fourth-order valence-corrected chi connectivity index (χ4v) is 5.72. The van der Waals surface area contributed by atoms with Crippen LogP contribution in [0.5, 0.6) is 0 Å². The van der Waals surface area contributed by atoms with Crippen molar-refractivity contribution in [3.05, 3.63) is 48.4 Å². The first-order valence-electron chi connectivity index (χ1n) is 11.0. The first kappa shape index (κ1) is 20.5. The molecule has 2 fully saturated rings. The first-order chi connectivity index (χ1) is 15.2. The Morgan fingerprint density at radius 1 is 1.16 bits per heavy atom. The predicted molar refractivity (Wildman–Crippen MR) is 124 cm³/mol. The summed E-state index contributed by atoms with van der Waals surface area (Å²) < 4.78 is 2.01. The molecule has 162 valence electrons. The molecular weight excluding hydrogens is 406 g/mol. The van der Waals surface area contributed by atoms with Crippen molar-refractivity contribution in [3.63, 3.8) is 0 Å². The number of rotatable bonds is 7. The average Bonchev–Trinajstić information content (AvgIpc) is 3.46. The maximum atomic E-state index is 4.35. The Morgan fingerprint density at radius 2 is 2.10 bits per heavy atom. The van der Waals surface area contributed by atoms with Crippen molar-refractivity contribution >= 4 is 17.4 Å². The number of fused-ring (bicyclic) bond motifs is 1. The van der Waals surface area contributed by atoms with E-state index in [4.69, 9.17) is 0 Å². The van der Waals surface area contributed by atoms with E-state index < -0.39 is 0 Å². The van der Waals surface area contributed by atoms with Crippen molar-refractivity contribution < 1.29 is 0 Å². The standard InChI is InChI=1S/C23H29N7S/c1-17-5-3-6-19(13-17)30-11-7-18-15-29(16-21(18)30)10-4-12-31-23-27-26-22(28(23)2)20-14-24-8-9-25-20/h3,5-6,8-9,13-14,18,21H,4,7,10-12,15-16H2,1-2H3. The van der Waals surface area contributed by atoms with Gasteiger partial charge in [-0.2, -0.15) is 0 Å². The Kier molecular flexibility index (Phi) is 5.91. The highest BCUT2D eigenvalue weighted by Crippen LogP contribution is 2.35. The molecule has 0 aliphatic carbocycles. The van der Waals surface area contributed by atoms with Crippen LogP contribution < -0.4 is 4.90 Å². The maximum Gasteiger partial charge on any atom is 0.191 e. The lowest BCUT2D eigenvalue weighted by Crippen LogP contribution is -2.35. The van der Waals surface area contributed by atoms with Gasteiger partial charge in [0.25, 0.3) is 0 Å². The van der Waals surface area contributed by atoms with Gasteiger partial charge in [-0.25, -0.2) is 4.98 Å². The molecule has 0 spiro atoms. The zero-order valence-electron chi connectivity index (χ0n) is 18.2. The summed E-state index contributed by atoms with van der Waals surface area (Å²) in [5, 5.41) is 9.58. The van der Waals surface area contributed by atoms with Crippen LogP contribution in [0, 0.1) is 12.8 Å². The zero-order valence-corrected chi connectivity index (χ0v) is 19.0. The third-order valence-electron chi connectivity index (χ3n) is 6.43. The monoisotopic (exact) mass is 435 g/mol. The number of likely N-dealkylation sites (tertiary alicyclic amines) is 1. The van der Waals surface area contributed by atoms with E-state index in [-0.39, 0.29) is 0 Å². The number of hydrogen-bond acceptors (Lipinski definition) is 7. The Balaban J connectivity index is 1.11. The molecule has 0 amide bonds. The molecule has 1 aromatic carbocycles. The third-order valence-corrected chi connectivity index (χ3v) is 7.54. The summed E-state index contributed by atoms with van der Waals surface area (Å²) in [6.45, 7) is 6.95. The van der Waals surface area contributed by atoms with Crippen LogP contribution in [0.15, 0.2) is 48.0 Å². The smallest absolute Gasteiger partial charge is 0.191 e. The molecule has 2 aliphatic rings. The molecule has 2 aliphatic heterocycles. The average molecular weight is 436 g/mol. The van der Waals surface area contributed by atoms with Gasteiger partial charge in [-0.15, -0.1) is 10.2 Å². The number of thioether (sulfide) groups is 1. The van der Waals surface area contributed by atoms with Gasteiger partial charge in [0, 0.05) is 56.6 Å². The van der Waals surface area contributed by atoms with Gasteiger partial charge >= 0.3 is 0 Å². The van der Waals surface area contributed by atoms with Gasteiger partial charge in [0.15, 0.2) is 11.0 Å². The van der Waals surface area contributed by atoms with Crippen LogP contribution >= 0.6 is 11.8 Å². The zero-order chi connectivity index (χ0) is 21.2. The fourth-order valence-electron chi connectivity index (χ4n) is 4.89. The van der Waals surface area contributed by atoms with Gasteiger partial charge in [-0.1, -0.05) is 23.9 Å². The Hall–Kier alpha value is -2.45. The van der Waals surface area contributed by atoms with E-state index in [1.807, 2.05) is 11.6 Å². The minimum Gasteiger partial charge on any atom is -0.367 e.